The number of imidazole rings is 1. The molecule has 18 N–H and O–H groups in total. The van der Waals surface area contributed by atoms with Crippen LogP contribution in [0.5, 0.6) is 5.75 Å². The van der Waals surface area contributed by atoms with Gasteiger partial charge in [0.1, 0.15) is 60.1 Å². The highest BCUT2D eigenvalue weighted by Gasteiger charge is 2.37. The minimum atomic E-state index is -1.63. The Morgan fingerprint density at radius 3 is 1.55 bits per heavy atom. The van der Waals surface area contributed by atoms with Crippen LogP contribution in [0.15, 0.2) is 36.8 Å². The fourth-order valence-electron chi connectivity index (χ4n) is 7.49. The molecule has 0 radical (unpaired) electrons. The van der Waals surface area contributed by atoms with Crippen LogP contribution >= 0.6 is 0 Å². The number of hydrogen-bond acceptors (Lipinski definition) is 16. The molecule has 1 aromatic heterocycles. The zero-order chi connectivity index (χ0) is 57.4. The van der Waals surface area contributed by atoms with E-state index in [1.807, 2.05) is 0 Å². The maximum Gasteiger partial charge on any atom is 0.326 e. The van der Waals surface area contributed by atoms with Gasteiger partial charge in [-0.15, -0.1) is 0 Å². The number of nitrogens with zero attached hydrogens (tertiary/aromatic N) is 1. The topological polar surface area (TPSA) is 449 Å². The van der Waals surface area contributed by atoms with Crippen LogP contribution in [0.1, 0.15) is 98.2 Å². The largest absolute Gasteiger partial charge is 0.508 e. The lowest BCUT2D eigenvalue weighted by Gasteiger charge is -2.30. The molecule has 2 aromatic rings. The van der Waals surface area contributed by atoms with Crippen LogP contribution in [0.4, 0.5) is 0 Å². The number of phenols is 1. The van der Waals surface area contributed by atoms with Crippen molar-refractivity contribution in [2.45, 2.75) is 160 Å². The Kier molecular flexibility index (Phi) is 27.5. The lowest BCUT2D eigenvalue weighted by molar-refractivity contribution is -0.143. The number of unbranched alkanes of at least 4 members (excludes halogenated alkanes) is 1. The number of carbonyl (C=O) groups is 10. The van der Waals surface area contributed by atoms with Crippen LogP contribution in [0, 0.1) is 17.8 Å². The number of rotatable bonds is 34. The average molecular weight is 1080 g/mol. The van der Waals surface area contributed by atoms with Crippen LogP contribution in [-0.2, 0) is 60.8 Å². The molecule has 0 fully saturated rings. The SMILES string of the molecule is CC(C)C[C@H](NC(=O)[C@@H](NC(=O)[C@H](CCCCN)NC(=O)[C@@H](NC(=O)[C@H](Cc1ccc(O)cc1)NC(=O)[C@H](CO)NC(=O)[C@@H](N)[C@@H](C)O)C(C)C)C(C)C)C(=O)N[C@@H](CCC(=O)O)C(=O)N[C@@H](Cc1cnc[nH]1)C(=O)O. The molecule has 8 amide bonds. The zero-order valence-electron chi connectivity index (χ0n) is 44.0. The van der Waals surface area contributed by atoms with Gasteiger partial charge in [-0.05, 0) is 81.0 Å². The van der Waals surface area contributed by atoms with E-state index in [1.165, 1.54) is 43.7 Å². The minimum Gasteiger partial charge on any atom is -0.508 e. The number of aliphatic carboxylic acids is 2. The van der Waals surface area contributed by atoms with Gasteiger partial charge in [-0.25, -0.2) is 9.78 Å². The van der Waals surface area contributed by atoms with Gasteiger partial charge in [-0.1, -0.05) is 53.7 Å². The monoisotopic (exact) mass is 1070 g/mol. The summed E-state index contributed by atoms with van der Waals surface area (Å²) in [6.45, 7) is 10.5. The predicted molar refractivity (Wildman–Crippen MR) is 273 cm³/mol. The lowest BCUT2D eigenvalue weighted by Crippen LogP contribution is -2.62. The van der Waals surface area contributed by atoms with E-state index in [4.69, 9.17) is 11.5 Å². The molecule has 2 rings (SSSR count). The smallest absolute Gasteiger partial charge is 0.326 e. The predicted octanol–water partition coefficient (Wildman–Crippen LogP) is -3.08. The van der Waals surface area contributed by atoms with Crippen LogP contribution in [0.2, 0.25) is 0 Å². The van der Waals surface area contributed by atoms with Crippen LogP contribution in [0.25, 0.3) is 0 Å². The first-order valence-corrected chi connectivity index (χ1v) is 25.1. The standard InChI is InChI=1S/C49H78N12O15/c1-24(2)18-33(43(69)54-32(15-16-37(65)66)41(67)58-35(49(75)76)20-29-21-52-23-53-29)57-48(74)40(26(5)6)60-42(68)31(10-8-9-17-50)55-47(73)39(25(3)4)61-44(70)34(19-28-11-13-30(64)14-12-28)56-45(71)36(22-62)59-46(72)38(51)27(7)63/h11-14,21,23-27,31-36,38-40,62-64H,8-10,15-20,22,50-51H2,1-7H3,(H,52,53)(H,54,69)(H,55,73)(H,56,71)(H,57,74)(H,58,67)(H,59,72)(H,60,68)(H,61,70)(H,65,66)(H,75,76)/t27-,31+,32+,33+,34+,35+,36+,38+,39+,40+/m1/s1. The van der Waals surface area contributed by atoms with E-state index >= 15 is 0 Å². The number of carbonyl (C=O) groups excluding carboxylic acids is 8. The maximum atomic E-state index is 14.2. The molecule has 0 aliphatic heterocycles. The summed E-state index contributed by atoms with van der Waals surface area (Å²) in [5.74, 6) is -11.6. The number of H-pyrrole nitrogens is 1. The van der Waals surface area contributed by atoms with Crippen LogP contribution in [-0.4, -0.2) is 168 Å². The van der Waals surface area contributed by atoms with Crippen molar-refractivity contribution >= 4 is 59.2 Å². The number of nitrogens with one attached hydrogen (secondary N) is 9. The Bertz CT molecular complexity index is 2240. The molecule has 0 aliphatic carbocycles. The number of aromatic nitrogens is 2. The molecule has 0 aliphatic rings. The van der Waals surface area contributed by atoms with E-state index in [1.54, 1.807) is 41.5 Å². The van der Waals surface area contributed by atoms with E-state index in [9.17, 15) is 73.5 Å². The van der Waals surface area contributed by atoms with Crippen molar-refractivity contribution in [3.8, 4) is 5.75 Å². The third-order valence-electron chi connectivity index (χ3n) is 11.9. The van der Waals surface area contributed by atoms with Crippen molar-refractivity contribution in [1.82, 2.24) is 52.5 Å². The highest BCUT2D eigenvalue weighted by atomic mass is 16.4. The molecule has 424 valence electrons. The summed E-state index contributed by atoms with van der Waals surface area (Å²) >= 11 is 0. The third kappa shape index (κ3) is 22.3. The number of aliphatic hydroxyl groups is 2. The first kappa shape index (κ1) is 64.9. The summed E-state index contributed by atoms with van der Waals surface area (Å²) < 4.78 is 0. The van der Waals surface area contributed by atoms with Gasteiger partial charge in [-0.2, -0.15) is 0 Å². The summed E-state index contributed by atoms with van der Waals surface area (Å²) in [5, 5.41) is 68.9. The van der Waals surface area contributed by atoms with Crippen molar-refractivity contribution < 1.29 is 73.5 Å². The molecule has 76 heavy (non-hydrogen) atoms. The normalized spacial score (nSPS) is 15.3. The highest BCUT2D eigenvalue weighted by Crippen LogP contribution is 2.15. The Labute approximate surface area is 440 Å². The van der Waals surface area contributed by atoms with E-state index in [2.05, 4.69) is 52.5 Å². The van der Waals surface area contributed by atoms with Crippen molar-refractivity contribution in [1.29, 1.82) is 0 Å². The molecule has 27 nitrogen and oxygen atoms in total. The minimum absolute atomic E-state index is 0.00199. The van der Waals surface area contributed by atoms with Crippen LogP contribution in [0.3, 0.4) is 0 Å². The molecule has 0 unspecified atom stereocenters. The maximum absolute atomic E-state index is 14.2. The number of carboxylic acid groups (broad SMARTS) is 2. The molecule has 1 heterocycles. The first-order chi connectivity index (χ1) is 35.7. The number of aromatic hydroxyl groups is 1. The molecule has 0 saturated carbocycles. The Hall–Kier alpha value is -7.23. The van der Waals surface area contributed by atoms with E-state index < -0.39 is 151 Å². The number of hydrogen-bond donors (Lipinski definition) is 16. The van der Waals surface area contributed by atoms with Gasteiger partial charge in [0.05, 0.1) is 19.0 Å². The van der Waals surface area contributed by atoms with E-state index in [0.717, 1.165) is 0 Å². The second-order valence-corrected chi connectivity index (χ2v) is 19.6. The second kappa shape index (κ2) is 32.3. The fourth-order valence-corrected chi connectivity index (χ4v) is 7.49. The molecule has 0 bridgehead atoms. The van der Waals surface area contributed by atoms with Gasteiger partial charge in [0, 0.05) is 31.2 Å². The highest BCUT2D eigenvalue weighted by molar-refractivity contribution is 5.98. The third-order valence-corrected chi connectivity index (χ3v) is 11.9. The number of amides is 8. The summed E-state index contributed by atoms with van der Waals surface area (Å²) in [5.41, 5.74) is 12.2. The number of carboxylic acids is 2. The fraction of sp³-hybridized carbons (Fsp3) is 0.612. The molecular weight excluding hydrogens is 997 g/mol. The zero-order valence-corrected chi connectivity index (χ0v) is 44.0. The van der Waals surface area contributed by atoms with E-state index in [-0.39, 0.29) is 43.9 Å². The second-order valence-electron chi connectivity index (χ2n) is 19.6. The number of nitrogens with two attached hydrogens (primary N) is 2. The number of phenolic OH excluding ortho intramolecular Hbond substituents is 1. The number of aliphatic hydroxyl groups excluding tert-OH is 2. The Morgan fingerprint density at radius 2 is 1.07 bits per heavy atom. The molecule has 0 spiro atoms. The quantitative estimate of drug-likeness (QED) is 0.0309. The molecule has 0 saturated heterocycles. The van der Waals surface area contributed by atoms with Crippen molar-refractivity contribution in [3.05, 3.63) is 48.0 Å². The lowest BCUT2D eigenvalue weighted by atomic mass is 9.98. The number of benzene rings is 1. The molecule has 27 heteroatoms. The summed E-state index contributed by atoms with van der Waals surface area (Å²) in [6, 6.07) is -7.35. The Morgan fingerprint density at radius 1 is 0.592 bits per heavy atom. The number of aromatic amines is 1. The first-order valence-electron chi connectivity index (χ1n) is 25.1. The molecule has 10 atom stereocenters. The van der Waals surface area contributed by atoms with Crippen molar-refractivity contribution in [2.75, 3.05) is 13.2 Å². The summed E-state index contributed by atoms with van der Waals surface area (Å²) in [6.07, 6.45) is 0.644. The van der Waals surface area contributed by atoms with Crippen LogP contribution < -0.4 is 54.0 Å². The van der Waals surface area contributed by atoms with Gasteiger partial charge in [0.25, 0.3) is 0 Å². The summed E-state index contributed by atoms with van der Waals surface area (Å²) in [7, 11) is 0. The van der Waals surface area contributed by atoms with Gasteiger partial charge in [0.15, 0.2) is 0 Å². The van der Waals surface area contributed by atoms with Gasteiger partial charge in [0.2, 0.25) is 47.3 Å². The van der Waals surface area contributed by atoms with Gasteiger partial charge >= 0.3 is 11.9 Å². The van der Waals surface area contributed by atoms with Crippen molar-refractivity contribution in [3.63, 3.8) is 0 Å². The summed E-state index contributed by atoms with van der Waals surface area (Å²) in [4.78, 5) is 140. The van der Waals surface area contributed by atoms with Gasteiger partial charge in [-0.3, -0.25) is 43.2 Å². The molecule has 1 aromatic carbocycles. The van der Waals surface area contributed by atoms with E-state index in [0.29, 0.717) is 24.1 Å². The van der Waals surface area contributed by atoms with Crippen molar-refractivity contribution in [2.24, 2.45) is 29.2 Å². The Balaban J connectivity index is 2.39. The molecular formula is C49H78N12O15. The average Bonchev–Trinajstić information content (AvgIpc) is 3.87. The van der Waals surface area contributed by atoms with Gasteiger partial charge < -0.3 is 84.5 Å².